The highest BCUT2D eigenvalue weighted by molar-refractivity contribution is 8.03. The smallest absolute Gasteiger partial charge is 0.153 e. The maximum atomic E-state index is 4.19. The van der Waals surface area contributed by atoms with Crippen LogP contribution in [0.5, 0.6) is 0 Å². The lowest BCUT2D eigenvalue weighted by molar-refractivity contribution is 0.376. The van der Waals surface area contributed by atoms with Crippen LogP contribution in [0.25, 0.3) is 0 Å². The van der Waals surface area contributed by atoms with Crippen molar-refractivity contribution in [1.82, 2.24) is 14.9 Å². The molecule has 0 spiro atoms. The normalized spacial score (nSPS) is 17.7. The van der Waals surface area contributed by atoms with E-state index in [1.54, 1.807) is 24.3 Å². The fourth-order valence-electron chi connectivity index (χ4n) is 1.89. The number of aromatic nitrogens is 2. The quantitative estimate of drug-likeness (QED) is 0.925. The van der Waals surface area contributed by atoms with E-state index in [1.807, 2.05) is 12.1 Å². The molecule has 0 fully saturated rings. The minimum Gasteiger partial charge on any atom is -0.344 e. The second kappa shape index (κ2) is 5.75. The Morgan fingerprint density at radius 2 is 2.11 bits per heavy atom. The molecule has 1 aromatic heterocycles. The van der Waals surface area contributed by atoms with Crippen LogP contribution in [0, 0.1) is 0 Å². The molecule has 1 unspecified atom stereocenters. The molecule has 0 bridgehead atoms. The van der Waals surface area contributed by atoms with E-state index in [0.717, 1.165) is 12.4 Å². The molecule has 1 atom stereocenters. The van der Waals surface area contributed by atoms with Gasteiger partial charge in [0.05, 0.1) is 0 Å². The summed E-state index contributed by atoms with van der Waals surface area (Å²) in [6.45, 7) is 0.882. The highest BCUT2D eigenvalue weighted by Gasteiger charge is 2.19. The van der Waals surface area contributed by atoms with Gasteiger partial charge in [-0.25, -0.2) is 9.97 Å². The molecule has 0 saturated carbocycles. The summed E-state index contributed by atoms with van der Waals surface area (Å²) in [5, 5.41) is 5.49. The van der Waals surface area contributed by atoms with Crippen molar-refractivity contribution < 1.29 is 0 Å². The molecular weight excluding hydrogens is 256 g/mol. The summed E-state index contributed by atoms with van der Waals surface area (Å²) in [5.41, 5.74) is 1.47. The summed E-state index contributed by atoms with van der Waals surface area (Å²) in [4.78, 5) is 10.4. The third-order valence-electron chi connectivity index (χ3n) is 2.82. The van der Waals surface area contributed by atoms with E-state index in [1.165, 1.54) is 5.56 Å². The molecule has 0 amide bonds. The maximum Gasteiger partial charge on any atom is 0.153 e. The highest BCUT2D eigenvalue weighted by Crippen LogP contribution is 2.27. The van der Waals surface area contributed by atoms with Gasteiger partial charge in [0.25, 0.3) is 0 Å². The van der Waals surface area contributed by atoms with E-state index in [4.69, 9.17) is 0 Å². The zero-order valence-electron chi connectivity index (χ0n) is 10.3. The van der Waals surface area contributed by atoms with Gasteiger partial charge in [-0.2, -0.15) is 0 Å². The van der Waals surface area contributed by atoms with Gasteiger partial charge in [0.2, 0.25) is 0 Å². The summed E-state index contributed by atoms with van der Waals surface area (Å²) in [6.07, 6.45) is 5.40. The van der Waals surface area contributed by atoms with Crippen LogP contribution >= 0.6 is 11.8 Å². The zero-order valence-corrected chi connectivity index (χ0v) is 11.1. The summed E-state index contributed by atoms with van der Waals surface area (Å²) in [7, 11) is 0. The van der Waals surface area contributed by atoms with Crippen LogP contribution in [0.3, 0.4) is 0 Å². The zero-order chi connectivity index (χ0) is 12.9. The summed E-state index contributed by atoms with van der Waals surface area (Å²) in [5.74, 6) is 0.842. The Morgan fingerprint density at radius 3 is 2.89 bits per heavy atom. The molecule has 3 rings (SSSR count). The predicted octanol–water partition coefficient (Wildman–Crippen LogP) is 2.89. The first-order chi connectivity index (χ1) is 9.42. The monoisotopic (exact) mass is 270 g/mol. The number of benzene rings is 1. The van der Waals surface area contributed by atoms with E-state index in [9.17, 15) is 0 Å². The number of nitrogens with one attached hydrogen (secondary N) is 1. The van der Waals surface area contributed by atoms with Gasteiger partial charge in [0.1, 0.15) is 12.1 Å². The molecule has 1 aliphatic heterocycles. The topological polar surface area (TPSA) is 41.0 Å². The van der Waals surface area contributed by atoms with Crippen LogP contribution in [0.4, 0.5) is 5.82 Å². The largest absolute Gasteiger partial charge is 0.344 e. The Bertz CT molecular complexity index is 544. The molecule has 0 aliphatic carbocycles. The summed E-state index contributed by atoms with van der Waals surface area (Å²) < 4.78 is 0. The fraction of sp³-hybridized carbons (Fsp3) is 0.143. The van der Waals surface area contributed by atoms with Gasteiger partial charge in [-0.15, -0.1) is 0 Å². The lowest BCUT2D eigenvalue weighted by Crippen LogP contribution is -2.31. The lowest BCUT2D eigenvalue weighted by atomic mass is 10.2. The summed E-state index contributed by atoms with van der Waals surface area (Å²) in [6, 6.07) is 12.3. The number of hydrogen-bond donors (Lipinski definition) is 1. The van der Waals surface area contributed by atoms with E-state index >= 15 is 0 Å². The Hall–Kier alpha value is -2.01. The third kappa shape index (κ3) is 3.06. The van der Waals surface area contributed by atoms with Gasteiger partial charge in [-0.3, -0.25) is 0 Å². The molecule has 1 aliphatic rings. The molecule has 0 radical (unpaired) electrons. The van der Waals surface area contributed by atoms with Crippen molar-refractivity contribution in [1.29, 1.82) is 0 Å². The van der Waals surface area contributed by atoms with Crippen molar-refractivity contribution in [2.45, 2.75) is 12.0 Å². The fourth-order valence-corrected chi connectivity index (χ4v) is 2.76. The average molecular weight is 270 g/mol. The Balaban J connectivity index is 1.66. The van der Waals surface area contributed by atoms with E-state index in [0.29, 0.717) is 0 Å². The maximum absolute atomic E-state index is 4.19. The third-order valence-corrected chi connectivity index (χ3v) is 3.75. The molecule has 0 saturated heterocycles. The van der Waals surface area contributed by atoms with Crippen LogP contribution in [0.15, 0.2) is 60.5 Å². The van der Waals surface area contributed by atoms with Crippen molar-refractivity contribution in [3.8, 4) is 0 Å². The van der Waals surface area contributed by atoms with Crippen molar-refractivity contribution >= 4 is 17.6 Å². The Labute approximate surface area is 116 Å². The minimum atomic E-state index is 0.176. The van der Waals surface area contributed by atoms with Crippen molar-refractivity contribution in [2.24, 2.45) is 0 Å². The highest BCUT2D eigenvalue weighted by atomic mass is 32.2. The van der Waals surface area contributed by atoms with Crippen molar-refractivity contribution in [3.05, 3.63) is 66.1 Å². The standard InChI is InChI=1S/C14H14N4S/c1-2-4-12(5-3-1)10-18-8-9-19-14(18)17-13-6-7-15-11-16-13/h1-9,11,14H,10H2,(H,15,16,17). The van der Waals surface area contributed by atoms with E-state index in [-0.39, 0.29) is 5.50 Å². The van der Waals surface area contributed by atoms with Crippen LogP contribution in [-0.4, -0.2) is 20.4 Å². The second-order valence-corrected chi connectivity index (χ2v) is 5.16. The molecule has 1 aromatic carbocycles. The molecule has 5 heteroatoms. The van der Waals surface area contributed by atoms with E-state index in [2.05, 4.69) is 56.1 Å². The molecule has 96 valence electrons. The number of anilines is 1. The second-order valence-electron chi connectivity index (χ2n) is 4.17. The number of thioether (sulfide) groups is 1. The summed E-state index contributed by atoms with van der Waals surface area (Å²) >= 11 is 1.74. The van der Waals surface area contributed by atoms with Crippen LogP contribution in [0.1, 0.15) is 5.56 Å². The first-order valence-corrected chi connectivity index (χ1v) is 7.00. The molecule has 2 heterocycles. The first kappa shape index (κ1) is 12.0. The number of rotatable bonds is 4. The van der Waals surface area contributed by atoms with Crippen LogP contribution in [-0.2, 0) is 6.54 Å². The lowest BCUT2D eigenvalue weighted by Gasteiger charge is -2.25. The van der Waals surface area contributed by atoms with Crippen molar-refractivity contribution in [2.75, 3.05) is 5.32 Å². The van der Waals surface area contributed by atoms with Gasteiger partial charge in [0.15, 0.2) is 5.50 Å². The molecular formula is C14H14N4S. The van der Waals surface area contributed by atoms with E-state index < -0.39 is 0 Å². The average Bonchev–Trinajstić information content (AvgIpc) is 2.88. The molecule has 19 heavy (non-hydrogen) atoms. The molecule has 1 N–H and O–H groups in total. The van der Waals surface area contributed by atoms with Gasteiger partial charge < -0.3 is 10.2 Å². The molecule has 2 aromatic rings. The van der Waals surface area contributed by atoms with Gasteiger partial charge in [0, 0.05) is 18.9 Å². The Morgan fingerprint density at radius 1 is 1.21 bits per heavy atom. The number of hydrogen-bond acceptors (Lipinski definition) is 5. The van der Waals surface area contributed by atoms with Gasteiger partial charge >= 0.3 is 0 Å². The first-order valence-electron chi connectivity index (χ1n) is 6.06. The minimum absolute atomic E-state index is 0.176. The number of nitrogens with zero attached hydrogens (tertiary/aromatic N) is 3. The van der Waals surface area contributed by atoms with Crippen LogP contribution in [0.2, 0.25) is 0 Å². The Kier molecular flexibility index (Phi) is 3.65. The molecule has 4 nitrogen and oxygen atoms in total. The van der Waals surface area contributed by atoms with Gasteiger partial charge in [-0.1, -0.05) is 42.1 Å². The SMILES string of the molecule is C1=CN(Cc2ccccc2)C(Nc2ccncn2)S1. The predicted molar refractivity (Wildman–Crippen MR) is 78.2 cm³/mol. The van der Waals surface area contributed by atoms with Crippen LogP contribution < -0.4 is 5.32 Å². The van der Waals surface area contributed by atoms with Crippen molar-refractivity contribution in [3.63, 3.8) is 0 Å². The van der Waals surface area contributed by atoms with Gasteiger partial charge in [-0.05, 0) is 17.0 Å².